The molecule has 7 nitrogen and oxygen atoms in total. The molecule has 2 unspecified atom stereocenters. The highest BCUT2D eigenvalue weighted by molar-refractivity contribution is 7.53. The van der Waals surface area contributed by atoms with E-state index >= 15 is 0 Å². The van der Waals surface area contributed by atoms with Gasteiger partial charge in [-0.05, 0) is 48.2 Å². The monoisotopic (exact) mass is 363 g/mol. The molecule has 1 amide bonds. The minimum Gasteiger partial charge on any atom is -0.366 e. The van der Waals surface area contributed by atoms with Crippen LogP contribution in [0.4, 0.5) is 0 Å². The van der Waals surface area contributed by atoms with Crippen LogP contribution < -0.4 is 0 Å². The summed E-state index contributed by atoms with van der Waals surface area (Å²) in [6.45, 7) is 12.0. The maximum atomic E-state index is 13.3. The number of rotatable bonds is 8. The van der Waals surface area contributed by atoms with Crippen LogP contribution in [0.25, 0.3) is 0 Å². The predicted octanol–water partition coefficient (Wildman–Crippen LogP) is 2.43. The first-order valence-electron chi connectivity index (χ1n) is 8.73. The molecular weight excluding hydrogens is 329 g/mol. The molecular formula is C16H34N3O4P. The second-order valence-electron chi connectivity index (χ2n) is 6.85. The van der Waals surface area contributed by atoms with Gasteiger partial charge in [-0.3, -0.25) is 9.36 Å². The summed E-state index contributed by atoms with van der Waals surface area (Å²) in [5.74, 6) is -0.0217. The van der Waals surface area contributed by atoms with Crippen molar-refractivity contribution in [2.45, 2.75) is 52.7 Å². The smallest absolute Gasteiger partial charge is 0.345 e. The third-order valence-electron chi connectivity index (χ3n) is 4.32. The lowest BCUT2D eigenvalue weighted by molar-refractivity contribution is -0.155. The van der Waals surface area contributed by atoms with Crippen LogP contribution in [0, 0.1) is 0 Å². The van der Waals surface area contributed by atoms with Gasteiger partial charge in [-0.25, -0.2) is 9.34 Å². The summed E-state index contributed by atoms with van der Waals surface area (Å²) >= 11 is 0. The van der Waals surface area contributed by atoms with E-state index in [4.69, 9.17) is 9.26 Å². The second kappa shape index (κ2) is 8.77. The molecule has 0 N–H and O–H groups in total. The van der Waals surface area contributed by atoms with Gasteiger partial charge in [0.2, 0.25) is 0 Å². The first kappa shape index (κ1) is 21.6. The van der Waals surface area contributed by atoms with Crippen molar-refractivity contribution in [1.29, 1.82) is 0 Å². The predicted molar refractivity (Wildman–Crippen MR) is 96.0 cm³/mol. The standard InChI is InChI=1S/C16H34N3O4P/c1-8-14(3)23-24(21,17(6)7)19-12-10-18(11-13-19)15(20)16(4,5)22-9-2/h14H,8-13H2,1-7H3. The van der Waals surface area contributed by atoms with E-state index in [-0.39, 0.29) is 12.0 Å². The molecule has 1 aliphatic heterocycles. The average Bonchev–Trinajstić information content (AvgIpc) is 2.53. The lowest BCUT2D eigenvalue weighted by Gasteiger charge is -2.42. The summed E-state index contributed by atoms with van der Waals surface area (Å²) in [7, 11) is 0.501. The van der Waals surface area contributed by atoms with Crippen molar-refractivity contribution in [2.75, 3.05) is 46.9 Å². The number of amides is 1. The minimum atomic E-state index is -3.05. The van der Waals surface area contributed by atoms with Gasteiger partial charge in [-0.1, -0.05) is 6.92 Å². The van der Waals surface area contributed by atoms with Crippen LogP contribution in [-0.2, 0) is 18.6 Å². The Bertz CT molecular complexity index is 462. The van der Waals surface area contributed by atoms with E-state index in [1.54, 1.807) is 37.5 Å². The Morgan fingerprint density at radius 1 is 1.21 bits per heavy atom. The topological polar surface area (TPSA) is 62.3 Å². The maximum Gasteiger partial charge on any atom is 0.345 e. The Morgan fingerprint density at radius 2 is 1.75 bits per heavy atom. The van der Waals surface area contributed by atoms with E-state index in [0.717, 1.165) is 6.42 Å². The van der Waals surface area contributed by atoms with Gasteiger partial charge < -0.3 is 14.2 Å². The number of hydrogen-bond donors (Lipinski definition) is 0. The van der Waals surface area contributed by atoms with Crippen molar-refractivity contribution < 1.29 is 18.6 Å². The molecule has 1 aliphatic rings. The summed E-state index contributed by atoms with van der Waals surface area (Å²) < 4.78 is 28.3. The molecule has 142 valence electrons. The normalized spacial score (nSPS) is 20.9. The number of hydrogen-bond acceptors (Lipinski definition) is 4. The molecule has 0 aromatic heterocycles. The molecule has 0 spiro atoms. The van der Waals surface area contributed by atoms with Crippen molar-refractivity contribution in [1.82, 2.24) is 14.2 Å². The Kier molecular flexibility index (Phi) is 7.88. The highest BCUT2D eigenvalue weighted by atomic mass is 31.2. The molecule has 1 heterocycles. The first-order chi connectivity index (χ1) is 11.1. The molecule has 0 radical (unpaired) electrons. The molecule has 24 heavy (non-hydrogen) atoms. The van der Waals surface area contributed by atoms with Crippen molar-refractivity contribution in [3.63, 3.8) is 0 Å². The zero-order valence-corrected chi connectivity index (χ0v) is 17.1. The largest absolute Gasteiger partial charge is 0.366 e. The maximum absolute atomic E-state index is 13.3. The summed E-state index contributed by atoms with van der Waals surface area (Å²) in [5, 5.41) is 0. The summed E-state index contributed by atoms with van der Waals surface area (Å²) in [4.78, 5) is 14.4. The van der Waals surface area contributed by atoms with Crippen LogP contribution in [-0.4, -0.2) is 78.7 Å². The molecule has 0 bridgehead atoms. The van der Waals surface area contributed by atoms with Crippen molar-refractivity contribution in [2.24, 2.45) is 0 Å². The minimum absolute atomic E-state index is 0.0217. The average molecular weight is 363 g/mol. The molecule has 0 saturated carbocycles. The quantitative estimate of drug-likeness (QED) is 0.617. The van der Waals surface area contributed by atoms with Crippen molar-refractivity contribution in [3.8, 4) is 0 Å². The number of carbonyl (C=O) groups is 1. The molecule has 0 aromatic rings. The third kappa shape index (κ3) is 5.02. The van der Waals surface area contributed by atoms with Crippen molar-refractivity contribution in [3.05, 3.63) is 0 Å². The number of carbonyl (C=O) groups excluding carboxylic acids is 1. The van der Waals surface area contributed by atoms with Gasteiger partial charge in [0.05, 0.1) is 6.10 Å². The van der Waals surface area contributed by atoms with Gasteiger partial charge in [0.25, 0.3) is 5.91 Å². The summed E-state index contributed by atoms with van der Waals surface area (Å²) in [5.41, 5.74) is -0.824. The van der Waals surface area contributed by atoms with Crippen LogP contribution in [0.5, 0.6) is 0 Å². The van der Waals surface area contributed by atoms with Crippen molar-refractivity contribution >= 4 is 13.6 Å². The zero-order chi connectivity index (χ0) is 18.5. The number of piperazine rings is 1. The van der Waals surface area contributed by atoms with E-state index in [0.29, 0.717) is 32.8 Å². The molecule has 0 aliphatic carbocycles. The van der Waals surface area contributed by atoms with E-state index in [1.807, 2.05) is 25.4 Å². The van der Waals surface area contributed by atoms with E-state index in [1.165, 1.54) is 0 Å². The SMILES string of the molecule is CCOC(C)(C)C(=O)N1CCN(P(=O)(OC(C)CC)N(C)C)CC1. The lowest BCUT2D eigenvalue weighted by atomic mass is 10.1. The van der Waals surface area contributed by atoms with Crippen LogP contribution in [0.15, 0.2) is 0 Å². The Labute approximate surface area is 146 Å². The number of nitrogens with zero attached hydrogens (tertiary/aromatic N) is 3. The summed E-state index contributed by atoms with van der Waals surface area (Å²) in [6.07, 6.45) is 0.730. The highest BCUT2D eigenvalue weighted by Crippen LogP contribution is 2.54. The lowest BCUT2D eigenvalue weighted by Crippen LogP contribution is -2.54. The Morgan fingerprint density at radius 3 is 2.17 bits per heavy atom. The molecule has 1 fully saturated rings. The first-order valence-corrected chi connectivity index (χ1v) is 10.3. The van der Waals surface area contributed by atoms with Gasteiger partial charge >= 0.3 is 7.67 Å². The van der Waals surface area contributed by atoms with Gasteiger partial charge in [0.1, 0.15) is 5.60 Å². The fourth-order valence-electron chi connectivity index (χ4n) is 2.68. The third-order valence-corrected chi connectivity index (χ3v) is 7.08. The van der Waals surface area contributed by atoms with Gasteiger partial charge in [-0.2, -0.15) is 0 Å². The highest BCUT2D eigenvalue weighted by Gasteiger charge is 2.40. The van der Waals surface area contributed by atoms with Crippen LogP contribution in [0.2, 0.25) is 0 Å². The van der Waals surface area contributed by atoms with Crippen LogP contribution in [0.1, 0.15) is 41.0 Å². The zero-order valence-electron chi connectivity index (χ0n) is 16.2. The Balaban J connectivity index is 2.75. The molecule has 1 saturated heterocycles. The fraction of sp³-hybridized carbons (Fsp3) is 0.938. The van der Waals surface area contributed by atoms with E-state index in [2.05, 4.69) is 0 Å². The Hall–Kier alpha value is -0.460. The van der Waals surface area contributed by atoms with E-state index < -0.39 is 13.3 Å². The van der Waals surface area contributed by atoms with Gasteiger partial charge in [0.15, 0.2) is 0 Å². The van der Waals surface area contributed by atoms with Gasteiger partial charge in [-0.15, -0.1) is 0 Å². The fourth-order valence-corrected chi connectivity index (χ4v) is 4.81. The molecule has 8 heteroatoms. The molecule has 0 aromatic carbocycles. The summed E-state index contributed by atoms with van der Waals surface area (Å²) in [6, 6.07) is 0. The second-order valence-corrected chi connectivity index (χ2v) is 9.41. The molecule has 2 atom stereocenters. The van der Waals surface area contributed by atoms with Gasteiger partial charge in [0, 0.05) is 32.8 Å². The van der Waals surface area contributed by atoms with Crippen LogP contribution >= 0.6 is 7.67 Å². The van der Waals surface area contributed by atoms with Crippen LogP contribution in [0.3, 0.4) is 0 Å². The van der Waals surface area contributed by atoms with E-state index in [9.17, 15) is 9.36 Å². The molecule has 1 rings (SSSR count). The number of ether oxygens (including phenoxy) is 1.